The van der Waals surface area contributed by atoms with Gasteiger partial charge in [-0.2, -0.15) is 5.10 Å². The van der Waals surface area contributed by atoms with E-state index in [1.54, 1.807) is 20.3 Å². The van der Waals surface area contributed by atoms with E-state index >= 15 is 0 Å². The zero-order valence-corrected chi connectivity index (χ0v) is 14.3. The van der Waals surface area contributed by atoms with Crippen molar-refractivity contribution in [2.24, 2.45) is 5.92 Å². The molecule has 0 N–H and O–H groups in total. The van der Waals surface area contributed by atoms with Crippen molar-refractivity contribution in [2.75, 3.05) is 14.2 Å². The predicted octanol–water partition coefficient (Wildman–Crippen LogP) is 4.52. The molecule has 0 spiro atoms. The summed E-state index contributed by atoms with van der Waals surface area (Å²) in [6.45, 7) is 4.91. The van der Waals surface area contributed by atoms with E-state index in [0.717, 1.165) is 16.6 Å². The molecule has 1 aromatic heterocycles. The molecule has 2 aromatic carbocycles. The minimum absolute atomic E-state index is 0.316. The Morgan fingerprint density at radius 2 is 1.92 bits per heavy atom. The van der Waals surface area contributed by atoms with Crippen LogP contribution in [0, 0.1) is 11.7 Å². The Kier molecular flexibility index (Phi) is 4.42. The average molecular weight is 328 g/mol. The molecule has 3 aromatic rings. The number of ether oxygens (including phenoxy) is 2. The summed E-state index contributed by atoms with van der Waals surface area (Å²) in [6, 6.07) is 10.7. The second-order valence-electron chi connectivity index (χ2n) is 6.13. The van der Waals surface area contributed by atoms with E-state index < -0.39 is 0 Å². The van der Waals surface area contributed by atoms with E-state index in [1.807, 2.05) is 28.9 Å². The van der Waals surface area contributed by atoms with Crippen LogP contribution in [0.2, 0.25) is 0 Å². The fourth-order valence-electron chi connectivity index (χ4n) is 2.87. The first-order chi connectivity index (χ1) is 11.5. The summed E-state index contributed by atoms with van der Waals surface area (Å²) in [5.74, 6) is 1.44. The van der Waals surface area contributed by atoms with Gasteiger partial charge in [0.1, 0.15) is 17.0 Å². The van der Waals surface area contributed by atoms with Crippen LogP contribution >= 0.6 is 0 Å². The number of halogens is 1. The molecule has 3 rings (SSSR count). The van der Waals surface area contributed by atoms with Crippen LogP contribution in [0.1, 0.15) is 13.8 Å². The molecule has 0 atom stereocenters. The van der Waals surface area contributed by atoms with Crippen molar-refractivity contribution in [3.05, 3.63) is 42.2 Å². The third-order valence-corrected chi connectivity index (χ3v) is 3.92. The average Bonchev–Trinajstić information content (AvgIpc) is 2.92. The van der Waals surface area contributed by atoms with Crippen LogP contribution in [0.3, 0.4) is 0 Å². The first-order valence-electron chi connectivity index (χ1n) is 7.92. The second kappa shape index (κ2) is 6.51. The second-order valence-corrected chi connectivity index (χ2v) is 6.13. The zero-order valence-electron chi connectivity index (χ0n) is 14.3. The van der Waals surface area contributed by atoms with E-state index in [0.29, 0.717) is 29.5 Å². The summed E-state index contributed by atoms with van der Waals surface area (Å²) in [6.07, 6.45) is 0. The van der Waals surface area contributed by atoms with Crippen molar-refractivity contribution in [2.45, 2.75) is 20.4 Å². The van der Waals surface area contributed by atoms with E-state index in [-0.39, 0.29) is 5.82 Å². The van der Waals surface area contributed by atoms with Crippen LogP contribution in [0.5, 0.6) is 11.5 Å². The van der Waals surface area contributed by atoms with Gasteiger partial charge in [-0.15, -0.1) is 0 Å². The number of fused-ring (bicyclic) bond motifs is 1. The van der Waals surface area contributed by atoms with Crippen molar-refractivity contribution in [3.8, 4) is 22.8 Å². The number of hydrogen-bond donors (Lipinski definition) is 0. The maximum atomic E-state index is 14.2. The number of methoxy groups -OCH3 is 2. The molecule has 0 aliphatic rings. The minimum atomic E-state index is -0.316. The normalized spacial score (nSPS) is 11.2. The maximum absolute atomic E-state index is 14.2. The molecule has 0 aliphatic carbocycles. The number of nitrogens with zero attached hydrogens (tertiary/aromatic N) is 2. The zero-order chi connectivity index (χ0) is 17.3. The molecule has 126 valence electrons. The first kappa shape index (κ1) is 16.3. The highest BCUT2D eigenvalue weighted by Gasteiger charge is 2.19. The fourth-order valence-corrected chi connectivity index (χ4v) is 2.87. The molecule has 0 radical (unpaired) electrons. The molecule has 0 amide bonds. The van der Waals surface area contributed by atoms with Crippen molar-refractivity contribution in [1.29, 1.82) is 0 Å². The third-order valence-electron chi connectivity index (χ3n) is 3.92. The van der Waals surface area contributed by atoms with Gasteiger partial charge in [-0.3, -0.25) is 4.68 Å². The van der Waals surface area contributed by atoms with Gasteiger partial charge in [-0.1, -0.05) is 26.0 Å². The summed E-state index contributed by atoms with van der Waals surface area (Å²) in [7, 11) is 3.23. The summed E-state index contributed by atoms with van der Waals surface area (Å²) in [4.78, 5) is 0. The number of hydrogen-bond acceptors (Lipinski definition) is 3. The lowest BCUT2D eigenvalue weighted by molar-refractivity contribution is 0.395. The van der Waals surface area contributed by atoms with Crippen molar-refractivity contribution >= 4 is 10.9 Å². The summed E-state index contributed by atoms with van der Waals surface area (Å²) < 4.78 is 26.9. The predicted molar refractivity (Wildman–Crippen MR) is 93.1 cm³/mol. The van der Waals surface area contributed by atoms with Gasteiger partial charge in [0.15, 0.2) is 5.82 Å². The molecule has 0 saturated heterocycles. The van der Waals surface area contributed by atoms with Crippen LogP contribution in [0.25, 0.3) is 22.2 Å². The van der Waals surface area contributed by atoms with Crippen LogP contribution in [-0.4, -0.2) is 24.0 Å². The Balaban J connectivity index is 2.30. The van der Waals surface area contributed by atoms with Gasteiger partial charge in [0.25, 0.3) is 0 Å². The minimum Gasteiger partial charge on any atom is -0.497 e. The topological polar surface area (TPSA) is 36.3 Å². The Hall–Kier alpha value is -2.56. The van der Waals surface area contributed by atoms with Gasteiger partial charge >= 0.3 is 0 Å². The SMILES string of the molecule is COc1ccc(-c2c3cccc(F)c3nn2CC(C)C)c(OC)c1. The fraction of sp³-hybridized carbons (Fsp3) is 0.316. The smallest absolute Gasteiger partial charge is 0.151 e. The number of rotatable bonds is 5. The molecule has 0 fully saturated rings. The van der Waals surface area contributed by atoms with Gasteiger partial charge in [0, 0.05) is 23.6 Å². The lowest BCUT2D eigenvalue weighted by Crippen LogP contribution is -2.08. The van der Waals surface area contributed by atoms with Gasteiger partial charge in [-0.05, 0) is 24.1 Å². The van der Waals surface area contributed by atoms with Gasteiger partial charge in [0.2, 0.25) is 0 Å². The Bertz CT molecular complexity index is 871. The lowest BCUT2D eigenvalue weighted by atomic mass is 10.1. The maximum Gasteiger partial charge on any atom is 0.151 e. The Morgan fingerprint density at radius 3 is 2.58 bits per heavy atom. The molecule has 0 unspecified atom stereocenters. The van der Waals surface area contributed by atoms with E-state index in [9.17, 15) is 4.39 Å². The molecule has 0 aliphatic heterocycles. The number of benzene rings is 2. The van der Waals surface area contributed by atoms with Gasteiger partial charge in [-0.25, -0.2) is 4.39 Å². The highest BCUT2D eigenvalue weighted by Crippen LogP contribution is 2.38. The quantitative estimate of drug-likeness (QED) is 0.691. The van der Waals surface area contributed by atoms with Crippen molar-refractivity contribution in [1.82, 2.24) is 9.78 Å². The van der Waals surface area contributed by atoms with Crippen molar-refractivity contribution < 1.29 is 13.9 Å². The highest BCUT2D eigenvalue weighted by molar-refractivity contribution is 5.95. The van der Waals surface area contributed by atoms with Gasteiger partial charge < -0.3 is 9.47 Å². The van der Waals surface area contributed by atoms with E-state index in [1.165, 1.54) is 6.07 Å². The largest absolute Gasteiger partial charge is 0.497 e. The summed E-state index contributed by atoms with van der Waals surface area (Å²) >= 11 is 0. The third kappa shape index (κ3) is 2.82. The lowest BCUT2D eigenvalue weighted by Gasteiger charge is -2.14. The molecule has 0 bridgehead atoms. The Morgan fingerprint density at radius 1 is 1.12 bits per heavy atom. The first-order valence-corrected chi connectivity index (χ1v) is 7.92. The molecule has 1 heterocycles. The van der Waals surface area contributed by atoms with Crippen LogP contribution in [-0.2, 0) is 6.54 Å². The van der Waals surface area contributed by atoms with E-state index in [2.05, 4.69) is 18.9 Å². The Labute approximate surface area is 140 Å². The molecule has 5 heteroatoms. The molecular weight excluding hydrogens is 307 g/mol. The van der Waals surface area contributed by atoms with Crippen LogP contribution in [0.15, 0.2) is 36.4 Å². The van der Waals surface area contributed by atoms with Gasteiger partial charge in [0.05, 0.1) is 19.9 Å². The summed E-state index contributed by atoms with van der Waals surface area (Å²) in [5, 5.41) is 5.28. The van der Waals surface area contributed by atoms with Crippen LogP contribution in [0.4, 0.5) is 4.39 Å². The number of aromatic nitrogens is 2. The molecular formula is C19H21FN2O2. The monoisotopic (exact) mass is 328 g/mol. The van der Waals surface area contributed by atoms with Crippen molar-refractivity contribution in [3.63, 3.8) is 0 Å². The highest BCUT2D eigenvalue weighted by atomic mass is 19.1. The molecule has 24 heavy (non-hydrogen) atoms. The molecule has 0 saturated carbocycles. The molecule has 4 nitrogen and oxygen atoms in total. The van der Waals surface area contributed by atoms with E-state index in [4.69, 9.17) is 9.47 Å². The van der Waals surface area contributed by atoms with Crippen LogP contribution < -0.4 is 9.47 Å². The summed E-state index contributed by atoms with van der Waals surface area (Å²) in [5.41, 5.74) is 2.11. The standard InChI is InChI=1S/C19H21FN2O2/c1-12(2)11-22-19(15-6-5-7-16(20)18(15)21-22)14-9-8-13(23-3)10-17(14)24-4/h5-10,12H,11H2,1-4H3.